The van der Waals surface area contributed by atoms with E-state index in [0.717, 1.165) is 37.7 Å². The summed E-state index contributed by atoms with van der Waals surface area (Å²) < 4.78 is 5.51. The summed E-state index contributed by atoms with van der Waals surface area (Å²) >= 11 is 0. The molecule has 1 aliphatic rings. The molecule has 1 saturated heterocycles. The summed E-state index contributed by atoms with van der Waals surface area (Å²) in [6.45, 7) is 5.93. The maximum absolute atomic E-state index is 6.09. The maximum atomic E-state index is 6.09. The molecule has 4 heteroatoms. The molecule has 0 aliphatic carbocycles. The largest absolute Gasteiger partial charge is 0.463 e. The van der Waals surface area contributed by atoms with Crippen molar-refractivity contribution in [3.8, 4) is 0 Å². The van der Waals surface area contributed by atoms with Crippen LogP contribution in [0.3, 0.4) is 0 Å². The molecular formula is C10H17N3O. The number of nitrogens with one attached hydrogen (secondary N) is 1. The SMILES string of the molecule is Cc1ccc(C(N)N2CCNCC2)o1. The van der Waals surface area contributed by atoms with Crippen molar-refractivity contribution in [2.45, 2.75) is 13.1 Å². The van der Waals surface area contributed by atoms with E-state index in [1.165, 1.54) is 0 Å². The minimum atomic E-state index is -0.0919. The first-order valence-corrected chi connectivity index (χ1v) is 5.04. The van der Waals surface area contributed by atoms with Crippen molar-refractivity contribution in [2.24, 2.45) is 5.73 Å². The average molecular weight is 195 g/mol. The summed E-state index contributed by atoms with van der Waals surface area (Å²) in [6.07, 6.45) is -0.0919. The molecule has 0 bridgehead atoms. The first kappa shape index (κ1) is 9.71. The molecule has 1 aliphatic heterocycles. The second-order valence-corrected chi connectivity index (χ2v) is 3.68. The summed E-state index contributed by atoms with van der Waals surface area (Å²) in [5.41, 5.74) is 6.09. The van der Waals surface area contributed by atoms with Gasteiger partial charge in [-0.15, -0.1) is 0 Å². The van der Waals surface area contributed by atoms with E-state index in [1.807, 2.05) is 19.1 Å². The van der Waals surface area contributed by atoms with Crippen molar-refractivity contribution >= 4 is 0 Å². The Balaban J connectivity index is 2.03. The van der Waals surface area contributed by atoms with E-state index in [-0.39, 0.29) is 6.17 Å². The molecule has 78 valence electrons. The number of furan rings is 1. The third kappa shape index (κ3) is 1.97. The first-order valence-electron chi connectivity index (χ1n) is 5.04. The Labute approximate surface area is 84.1 Å². The van der Waals surface area contributed by atoms with Gasteiger partial charge in [0.25, 0.3) is 0 Å². The van der Waals surface area contributed by atoms with Gasteiger partial charge in [-0.25, -0.2) is 0 Å². The van der Waals surface area contributed by atoms with Crippen molar-refractivity contribution in [2.75, 3.05) is 26.2 Å². The Morgan fingerprint density at radius 1 is 1.43 bits per heavy atom. The summed E-state index contributed by atoms with van der Waals surface area (Å²) in [5, 5.41) is 3.30. The quantitative estimate of drug-likeness (QED) is 0.719. The summed E-state index contributed by atoms with van der Waals surface area (Å²) in [7, 11) is 0. The highest BCUT2D eigenvalue weighted by atomic mass is 16.3. The van der Waals surface area contributed by atoms with Gasteiger partial charge in [0.1, 0.15) is 17.7 Å². The third-order valence-electron chi connectivity index (χ3n) is 2.60. The molecule has 3 N–H and O–H groups in total. The molecule has 2 heterocycles. The Bertz CT molecular complexity index is 291. The molecule has 1 atom stereocenters. The molecule has 0 aromatic carbocycles. The zero-order chi connectivity index (χ0) is 9.97. The Morgan fingerprint density at radius 2 is 2.14 bits per heavy atom. The van der Waals surface area contributed by atoms with Gasteiger partial charge in [0, 0.05) is 26.2 Å². The van der Waals surface area contributed by atoms with Crippen LogP contribution in [-0.4, -0.2) is 31.1 Å². The van der Waals surface area contributed by atoms with Gasteiger partial charge in [-0.05, 0) is 19.1 Å². The van der Waals surface area contributed by atoms with Crippen LogP contribution in [0.5, 0.6) is 0 Å². The van der Waals surface area contributed by atoms with Gasteiger partial charge < -0.3 is 15.5 Å². The van der Waals surface area contributed by atoms with Crippen LogP contribution in [0.1, 0.15) is 17.7 Å². The molecule has 0 saturated carbocycles. The summed E-state index contributed by atoms with van der Waals surface area (Å²) in [4.78, 5) is 2.23. The summed E-state index contributed by atoms with van der Waals surface area (Å²) in [6, 6.07) is 3.92. The zero-order valence-electron chi connectivity index (χ0n) is 8.49. The van der Waals surface area contributed by atoms with Crippen LogP contribution in [0.4, 0.5) is 0 Å². The fraction of sp³-hybridized carbons (Fsp3) is 0.600. The van der Waals surface area contributed by atoms with Gasteiger partial charge in [-0.3, -0.25) is 4.90 Å². The third-order valence-corrected chi connectivity index (χ3v) is 2.60. The second-order valence-electron chi connectivity index (χ2n) is 3.68. The fourth-order valence-corrected chi connectivity index (χ4v) is 1.75. The predicted molar refractivity (Wildman–Crippen MR) is 54.8 cm³/mol. The van der Waals surface area contributed by atoms with E-state index in [0.29, 0.717) is 0 Å². The molecule has 14 heavy (non-hydrogen) atoms. The van der Waals surface area contributed by atoms with E-state index >= 15 is 0 Å². The van der Waals surface area contributed by atoms with Gasteiger partial charge in [-0.1, -0.05) is 0 Å². The average Bonchev–Trinajstić information content (AvgIpc) is 2.65. The molecule has 0 spiro atoms. The molecule has 1 aromatic rings. The highest BCUT2D eigenvalue weighted by Gasteiger charge is 2.20. The second kappa shape index (κ2) is 4.13. The first-order chi connectivity index (χ1) is 6.77. The van der Waals surface area contributed by atoms with Crippen LogP contribution in [-0.2, 0) is 0 Å². The lowest BCUT2D eigenvalue weighted by molar-refractivity contribution is 0.157. The number of hydrogen-bond acceptors (Lipinski definition) is 4. The minimum absolute atomic E-state index is 0.0919. The van der Waals surface area contributed by atoms with Gasteiger partial charge in [0.2, 0.25) is 0 Å². The minimum Gasteiger partial charge on any atom is -0.463 e. The molecule has 0 amide bonds. The highest BCUT2D eigenvalue weighted by molar-refractivity contribution is 5.09. The summed E-state index contributed by atoms with van der Waals surface area (Å²) in [5.74, 6) is 1.79. The number of hydrogen-bond donors (Lipinski definition) is 2. The van der Waals surface area contributed by atoms with Crippen molar-refractivity contribution < 1.29 is 4.42 Å². The van der Waals surface area contributed by atoms with Gasteiger partial charge >= 0.3 is 0 Å². The van der Waals surface area contributed by atoms with Crippen molar-refractivity contribution in [3.63, 3.8) is 0 Å². The van der Waals surface area contributed by atoms with Gasteiger partial charge in [0.15, 0.2) is 0 Å². The lowest BCUT2D eigenvalue weighted by Crippen LogP contribution is -2.47. The normalized spacial score (nSPS) is 21.0. The van der Waals surface area contributed by atoms with Gasteiger partial charge in [-0.2, -0.15) is 0 Å². The molecule has 1 aromatic heterocycles. The molecular weight excluding hydrogens is 178 g/mol. The van der Waals surface area contributed by atoms with E-state index in [9.17, 15) is 0 Å². The van der Waals surface area contributed by atoms with E-state index in [1.54, 1.807) is 0 Å². The van der Waals surface area contributed by atoms with E-state index in [2.05, 4.69) is 10.2 Å². The number of nitrogens with two attached hydrogens (primary N) is 1. The van der Waals surface area contributed by atoms with Crippen molar-refractivity contribution in [3.05, 3.63) is 23.7 Å². The topological polar surface area (TPSA) is 54.4 Å². The van der Waals surface area contributed by atoms with Crippen LogP contribution >= 0.6 is 0 Å². The zero-order valence-corrected chi connectivity index (χ0v) is 8.49. The lowest BCUT2D eigenvalue weighted by atomic mass is 10.3. The molecule has 0 radical (unpaired) electrons. The number of piperazine rings is 1. The van der Waals surface area contributed by atoms with E-state index in [4.69, 9.17) is 10.2 Å². The van der Waals surface area contributed by atoms with Crippen LogP contribution in [0, 0.1) is 6.92 Å². The van der Waals surface area contributed by atoms with Gasteiger partial charge in [0.05, 0.1) is 0 Å². The van der Waals surface area contributed by atoms with E-state index < -0.39 is 0 Å². The molecule has 4 nitrogen and oxygen atoms in total. The molecule has 1 unspecified atom stereocenters. The smallest absolute Gasteiger partial charge is 0.135 e. The van der Waals surface area contributed by atoms with Crippen LogP contribution in [0.2, 0.25) is 0 Å². The molecule has 2 rings (SSSR count). The standard InChI is InChI=1S/C10H17N3O/c1-8-2-3-9(14-8)10(11)13-6-4-12-5-7-13/h2-3,10,12H,4-7,11H2,1H3. The fourth-order valence-electron chi connectivity index (χ4n) is 1.75. The molecule has 1 fully saturated rings. The maximum Gasteiger partial charge on any atom is 0.135 e. The number of rotatable bonds is 2. The Hall–Kier alpha value is -0.840. The predicted octanol–water partition coefficient (Wildman–Crippen LogP) is 0.451. The van der Waals surface area contributed by atoms with Crippen LogP contribution in [0.25, 0.3) is 0 Å². The van der Waals surface area contributed by atoms with Crippen molar-refractivity contribution in [1.29, 1.82) is 0 Å². The number of aryl methyl sites for hydroxylation is 1. The number of nitrogens with zero attached hydrogens (tertiary/aromatic N) is 1. The van der Waals surface area contributed by atoms with Crippen LogP contribution < -0.4 is 11.1 Å². The van der Waals surface area contributed by atoms with Crippen LogP contribution in [0.15, 0.2) is 16.5 Å². The Morgan fingerprint density at radius 3 is 2.71 bits per heavy atom. The monoisotopic (exact) mass is 195 g/mol. The highest BCUT2D eigenvalue weighted by Crippen LogP contribution is 2.17. The lowest BCUT2D eigenvalue weighted by Gasteiger charge is -2.31. The van der Waals surface area contributed by atoms with Crippen molar-refractivity contribution in [1.82, 2.24) is 10.2 Å². The Kier molecular flexibility index (Phi) is 2.86.